The minimum Gasteiger partial charge on any atom is -0.497 e. The first-order valence-electron chi connectivity index (χ1n) is 7.50. The molecule has 0 aliphatic carbocycles. The molecule has 128 valence electrons. The molecule has 0 amide bonds. The maximum atomic E-state index is 12.1. The third-order valence-electron chi connectivity index (χ3n) is 3.49. The molecule has 1 aromatic carbocycles. The lowest BCUT2D eigenvalue weighted by atomic mass is 10.1. The number of nitrogens with zero attached hydrogens (tertiary/aromatic N) is 2. The van der Waals surface area contributed by atoms with Gasteiger partial charge in [-0.05, 0) is 32.0 Å². The van der Waals surface area contributed by atoms with Gasteiger partial charge in [0.25, 0.3) is 0 Å². The van der Waals surface area contributed by atoms with E-state index in [1.165, 1.54) is 11.8 Å². The number of carbonyl (C=O) groups excluding carboxylic acids is 2. The minimum absolute atomic E-state index is 0.117. The van der Waals surface area contributed by atoms with E-state index in [2.05, 4.69) is 5.10 Å². The van der Waals surface area contributed by atoms with Gasteiger partial charge in [-0.2, -0.15) is 5.10 Å². The molecule has 0 N–H and O–H groups in total. The van der Waals surface area contributed by atoms with E-state index < -0.39 is 18.0 Å². The van der Waals surface area contributed by atoms with Crippen molar-refractivity contribution in [1.82, 2.24) is 9.78 Å². The number of esters is 2. The largest absolute Gasteiger partial charge is 0.497 e. The number of hydrogen-bond acceptors (Lipinski definition) is 6. The summed E-state index contributed by atoms with van der Waals surface area (Å²) in [5, 5.41) is 4.22. The highest BCUT2D eigenvalue weighted by Gasteiger charge is 2.24. The van der Waals surface area contributed by atoms with Gasteiger partial charge in [-0.15, -0.1) is 0 Å². The second-order valence-corrected chi connectivity index (χ2v) is 5.01. The van der Waals surface area contributed by atoms with E-state index in [0.717, 1.165) is 5.56 Å². The fraction of sp³-hybridized carbons (Fsp3) is 0.353. The minimum atomic E-state index is -0.690. The summed E-state index contributed by atoms with van der Waals surface area (Å²) in [5.74, 6) is -0.348. The molecule has 1 heterocycles. The summed E-state index contributed by atoms with van der Waals surface area (Å²) < 4.78 is 16.4. The van der Waals surface area contributed by atoms with Crippen LogP contribution < -0.4 is 4.74 Å². The van der Waals surface area contributed by atoms with Crippen LogP contribution in [0.25, 0.3) is 11.3 Å². The van der Waals surface area contributed by atoms with Crippen LogP contribution in [0, 0.1) is 0 Å². The van der Waals surface area contributed by atoms with E-state index in [1.807, 2.05) is 12.1 Å². The Labute approximate surface area is 140 Å². The zero-order valence-electron chi connectivity index (χ0n) is 14.1. The molecule has 2 aromatic rings. The van der Waals surface area contributed by atoms with Gasteiger partial charge in [0, 0.05) is 5.56 Å². The van der Waals surface area contributed by atoms with Crippen molar-refractivity contribution in [2.75, 3.05) is 20.8 Å². The first-order chi connectivity index (χ1) is 11.5. The van der Waals surface area contributed by atoms with Gasteiger partial charge in [0.05, 0.1) is 26.5 Å². The van der Waals surface area contributed by atoms with Gasteiger partial charge in [0.2, 0.25) is 0 Å². The van der Waals surface area contributed by atoms with E-state index in [9.17, 15) is 9.59 Å². The number of methoxy groups -OCH3 is 2. The Hall–Kier alpha value is -2.83. The lowest BCUT2D eigenvalue weighted by Gasteiger charge is -2.14. The monoisotopic (exact) mass is 332 g/mol. The summed E-state index contributed by atoms with van der Waals surface area (Å²) in [4.78, 5) is 23.9. The van der Waals surface area contributed by atoms with Crippen LogP contribution >= 0.6 is 0 Å². The molecule has 2 rings (SSSR count). The number of hydrogen-bond donors (Lipinski definition) is 0. The van der Waals surface area contributed by atoms with Crippen molar-refractivity contribution in [2.24, 2.45) is 0 Å². The number of rotatable bonds is 6. The Balaban J connectivity index is 2.53. The SMILES string of the molecule is CCOC(=O)C(C)n1nc(C(=O)OC)cc1-c1cccc(OC)c1. The zero-order chi connectivity index (χ0) is 17.7. The lowest BCUT2D eigenvalue weighted by molar-refractivity contribution is -0.146. The first kappa shape index (κ1) is 17.5. The summed E-state index contributed by atoms with van der Waals surface area (Å²) in [6, 6.07) is 8.15. The fourth-order valence-electron chi connectivity index (χ4n) is 2.25. The van der Waals surface area contributed by atoms with Crippen molar-refractivity contribution in [3.8, 4) is 17.0 Å². The van der Waals surface area contributed by atoms with Crippen LogP contribution in [-0.2, 0) is 14.3 Å². The van der Waals surface area contributed by atoms with Gasteiger partial charge in [-0.1, -0.05) is 12.1 Å². The summed E-state index contributed by atoms with van der Waals surface area (Å²) in [5.41, 5.74) is 1.47. The smallest absolute Gasteiger partial charge is 0.358 e. The number of carbonyl (C=O) groups is 2. The molecule has 0 saturated heterocycles. The van der Waals surface area contributed by atoms with Gasteiger partial charge >= 0.3 is 11.9 Å². The summed E-state index contributed by atoms with van der Waals surface area (Å²) in [6.45, 7) is 3.66. The van der Waals surface area contributed by atoms with Crippen LogP contribution in [-0.4, -0.2) is 42.5 Å². The highest BCUT2D eigenvalue weighted by Crippen LogP contribution is 2.27. The Kier molecular flexibility index (Phi) is 5.57. The third kappa shape index (κ3) is 3.56. The zero-order valence-corrected chi connectivity index (χ0v) is 14.1. The molecule has 0 bridgehead atoms. The van der Waals surface area contributed by atoms with Gasteiger partial charge in [-0.25, -0.2) is 14.3 Å². The second-order valence-electron chi connectivity index (χ2n) is 5.01. The molecule has 1 aromatic heterocycles. The van der Waals surface area contributed by atoms with Crippen LogP contribution in [0.1, 0.15) is 30.4 Å². The maximum absolute atomic E-state index is 12.1. The first-order valence-corrected chi connectivity index (χ1v) is 7.50. The van der Waals surface area contributed by atoms with E-state index in [4.69, 9.17) is 14.2 Å². The maximum Gasteiger partial charge on any atom is 0.358 e. The van der Waals surface area contributed by atoms with Crippen LogP contribution in [0.2, 0.25) is 0 Å². The number of aromatic nitrogens is 2. The Morgan fingerprint density at radius 1 is 1.25 bits per heavy atom. The van der Waals surface area contributed by atoms with Crippen LogP contribution in [0.5, 0.6) is 5.75 Å². The van der Waals surface area contributed by atoms with Crippen molar-refractivity contribution in [3.05, 3.63) is 36.0 Å². The second kappa shape index (κ2) is 7.63. The lowest BCUT2D eigenvalue weighted by Crippen LogP contribution is -2.21. The molecule has 24 heavy (non-hydrogen) atoms. The topological polar surface area (TPSA) is 79.7 Å². The van der Waals surface area contributed by atoms with Crippen LogP contribution in [0.3, 0.4) is 0 Å². The molecule has 0 spiro atoms. The average Bonchev–Trinajstić information content (AvgIpc) is 3.05. The number of benzene rings is 1. The highest BCUT2D eigenvalue weighted by molar-refractivity contribution is 5.89. The van der Waals surface area contributed by atoms with E-state index in [0.29, 0.717) is 11.4 Å². The highest BCUT2D eigenvalue weighted by atomic mass is 16.5. The summed E-state index contributed by atoms with van der Waals surface area (Å²) >= 11 is 0. The molecular weight excluding hydrogens is 312 g/mol. The quantitative estimate of drug-likeness (QED) is 0.756. The van der Waals surface area contributed by atoms with Crippen molar-refractivity contribution < 1.29 is 23.8 Å². The van der Waals surface area contributed by atoms with Crippen molar-refractivity contribution in [2.45, 2.75) is 19.9 Å². The van der Waals surface area contributed by atoms with Crippen LogP contribution in [0.4, 0.5) is 0 Å². The molecule has 1 atom stereocenters. The molecular formula is C17H20N2O5. The molecule has 0 fully saturated rings. The van der Waals surface area contributed by atoms with E-state index in [-0.39, 0.29) is 12.3 Å². The standard InChI is InChI=1S/C17H20N2O5/c1-5-24-16(20)11(2)19-15(10-14(18-19)17(21)23-4)12-7-6-8-13(9-12)22-3/h6-11H,5H2,1-4H3. The molecule has 7 heteroatoms. The van der Waals surface area contributed by atoms with Crippen molar-refractivity contribution in [3.63, 3.8) is 0 Å². The average molecular weight is 332 g/mol. The van der Waals surface area contributed by atoms with Gasteiger partial charge in [-0.3, -0.25) is 0 Å². The molecule has 7 nitrogen and oxygen atoms in total. The normalized spacial score (nSPS) is 11.7. The van der Waals surface area contributed by atoms with Gasteiger partial charge in [0.1, 0.15) is 11.8 Å². The molecule has 0 saturated carbocycles. The van der Waals surface area contributed by atoms with E-state index in [1.54, 1.807) is 39.2 Å². The van der Waals surface area contributed by atoms with E-state index >= 15 is 0 Å². The van der Waals surface area contributed by atoms with Gasteiger partial charge < -0.3 is 14.2 Å². The predicted molar refractivity (Wildman–Crippen MR) is 86.9 cm³/mol. The van der Waals surface area contributed by atoms with Gasteiger partial charge in [0.15, 0.2) is 5.69 Å². The fourth-order valence-corrected chi connectivity index (χ4v) is 2.25. The summed E-state index contributed by atoms with van der Waals surface area (Å²) in [6.07, 6.45) is 0. The summed E-state index contributed by atoms with van der Waals surface area (Å²) in [7, 11) is 2.85. The predicted octanol–water partition coefficient (Wildman–Crippen LogP) is 2.47. The Morgan fingerprint density at radius 3 is 2.62 bits per heavy atom. The Morgan fingerprint density at radius 2 is 2.00 bits per heavy atom. The number of ether oxygens (including phenoxy) is 3. The molecule has 1 unspecified atom stereocenters. The van der Waals surface area contributed by atoms with Crippen molar-refractivity contribution in [1.29, 1.82) is 0 Å². The molecule has 0 aliphatic heterocycles. The molecule has 0 radical (unpaired) electrons. The van der Waals surface area contributed by atoms with Crippen LogP contribution in [0.15, 0.2) is 30.3 Å². The molecule has 0 aliphatic rings. The third-order valence-corrected chi connectivity index (χ3v) is 3.49. The Bertz CT molecular complexity index is 738. The van der Waals surface area contributed by atoms with Crippen molar-refractivity contribution >= 4 is 11.9 Å².